The molecule has 0 spiro atoms. The third-order valence-corrected chi connectivity index (χ3v) is 6.02. The van der Waals surface area contributed by atoms with Crippen molar-refractivity contribution in [2.24, 2.45) is 5.92 Å². The highest BCUT2D eigenvalue weighted by molar-refractivity contribution is 7.91. The van der Waals surface area contributed by atoms with Gasteiger partial charge in [-0.05, 0) is 25.2 Å². The highest BCUT2D eigenvalue weighted by Crippen LogP contribution is 2.24. The number of anilines is 1. The minimum absolute atomic E-state index is 0.239. The van der Waals surface area contributed by atoms with E-state index in [1.807, 2.05) is 6.20 Å². The molecule has 0 radical (unpaired) electrons. The minimum Gasteiger partial charge on any atom is -0.353 e. The summed E-state index contributed by atoms with van der Waals surface area (Å²) in [6.45, 7) is 0.758. The Morgan fingerprint density at radius 2 is 2.11 bits per heavy atom. The SMILES string of the molecule is O=S1(=O)CCC(Cn2ccnc2NC2CCCC2)C1. The first-order chi connectivity index (χ1) is 9.12. The number of rotatable bonds is 4. The van der Waals surface area contributed by atoms with Gasteiger partial charge in [0.2, 0.25) is 5.95 Å². The molecule has 2 aliphatic rings. The molecule has 0 aromatic carbocycles. The zero-order chi connectivity index (χ0) is 13.3. The smallest absolute Gasteiger partial charge is 0.202 e. The molecule has 5 nitrogen and oxygen atoms in total. The van der Waals surface area contributed by atoms with Gasteiger partial charge in [-0.1, -0.05) is 12.8 Å². The first kappa shape index (κ1) is 13.0. The molecular weight excluding hydrogens is 262 g/mol. The van der Waals surface area contributed by atoms with Crippen molar-refractivity contribution in [3.63, 3.8) is 0 Å². The summed E-state index contributed by atoms with van der Waals surface area (Å²) in [7, 11) is -2.79. The van der Waals surface area contributed by atoms with Crippen LogP contribution in [0.3, 0.4) is 0 Å². The molecule has 1 saturated heterocycles. The molecule has 1 unspecified atom stereocenters. The van der Waals surface area contributed by atoms with Crippen molar-refractivity contribution >= 4 is 15.8 Å². The maximum atomic E-state index is 11.5. The van der Waals surface area contributed by atoms with Gasteiger partial charge in [0.25, 0.3) is 0 Å². The fraction of sp³-hybridized carbons (Fsp3) is 0.769. The molecule has 6 heteroatoms. The molecule has 2 fully saturated rings. The van der Waals surface area contributed by atoms with Crippen LogP contribution in [0.25, 0.3) is 0 Å². The van der Waals surface area contributed by atoms with Crippen molar-refractivity contribution in [1.29, 1.82) is 0 Å². The summed E-state index contributed by atoms with van der Waals surface area (Å²) >= 11 is 0. The third kappa shape index (κ3) is 3.11. The van der Waals surface area contributed by atoms with Gasteiger partial charge < -0.3 is 9.88 Å². The summed E-state index contributed by atoms with van der Waals surface area (Å²) in [6, 6.07) is 0.536. The zero-order valence-electron chi connectivity index (χ0n) is 11.1. The summed E-state index contributed by atoms with van der Waals surface area (Å²) in [5.74, 6) is 1.81. The van der Waals surface area contributed by atoms with Crippen LogP contribution in [0.4, 0.5) is 5.95 Å². The summed E-state index contributed by atoms with van der Waals surface area (Å²) in [4.78, 5) is 4.36. The molecule has 0 bridgehead atoms. The number of nitrogens with one attached hydrogen (secondary N) is 1. The predicted molar refractivity (Wildman–Crippen MR) is 74.9 cm³/mol. The van der Waals surface area contributed by atoms with E-state index in [9.17, 15) is 8.42 Å². The Morgan fingerprint density at radius 1 is 1.32 bits per heavy atom. The van der Waals surface area contributed by atoms with Crippen molar-refractivity contribution in [3.05, 3.63) is 12.4 Å². The van der Waals surface area contributed by atoms with Gasteiger partial charge in [0.15, 0.2) is 9.84 Å². The van der Waals surface area contributed by atoms with E-state index in [0.29, 0.717) is 17.5 Å². The standard InChI is InChI=1S/C13H21N3O2S/c17-19(18)8-5-11(10-19)9-16-7-6-14-13(16)15-12-3-1-2-4-12/h6-7,11-12H,1-5,8-10H2,(H,14,15). The van der Waals surface area contributed by atoms with Crippen LogP contribution in [-0.4, -0.2) is 35.5 Å². The van der Waals surface area contributed by atoms with Crippen molar-refractivity contribution in [2.75, 3.05) is 16.8 Å². The lowest BCUT2D eigenvalue weighted by Gasteiger charge is -2.16. The summed E-state index contributed by atoms with van der Waals surface area (Å²) in [6.07, 6.45) is 9.53. The number of sulfone groups is 1. The maximum Gasteiger partial charge on any atom is 0.202 e. The van der Waals surface area contributed by atoms with E-state index in [1.165, 1.54) is 25.7 Å². The van der Waals surface area contributed by atoms with E-state index < -0.39 is 9.84 Å². The predicted octanol–water partition coefficient (Wildman–Crippen LogP) is 1.67. The van der Waals surface area contributed by atoms with E-state index in [-0.39, 0.29) is 5.92 Å². The van der Waals surface area contributed by atoms with E-state index in [2.05, 4.69) is 14.9 Å². The minimum atomic E-state index is -2.79. The molecule has 106 valence electrons. The fourth-order valence-corrected chi connectivity index (χ4v) is 4.99. The number of hydrogen-bond donors (Lipinski definition) is 1. The highest BCUT2D eigenvalue weighted by Gasteiger charge is 2.28. The Bertz CT molecular complexity index is 532. The number of aromatic nitrogens is 2. The van der Waals surface area contributed by atoms with Gasteiger partial charge in [-0.25, -0.2) is 13.4 Å². The molecule has 0 amide bonds. The molecule has 1 saturated carbocycles. The molecule has 1 aliphatic heterocycles. The monoisotopic (exact) mass is 283 g/mol. The molecule has 1 N–H and O–H groups in total. The molecule has 3 rings (SSSR count). The quantitative estimate of drug-likeness (QED) is 0.913. The van der Waals surface area contributed by atoms with Crippen LogP contribution in [0.2, 0.25) is 0 Å². The van der Waals surface area contributed by atoms with Crippen molar-refractivity contribution in [1.82, 2.24) is 9.55 Å². The Balaban J connectivity index is 1.63. The van der Waals surface area contributed by atoms with Crippen LogP contribution in [0, 0.1) is 5.92 Å². The molecular formula is C13H21N3O2S. The molecule has 2 heterocycles. The first-order valence-corrected chi connectivity index (χ1v) is 8.93. The van der Waals surface area contributed by atoms with Gasteiger partial charge in [-0.2, -0.15) is 0 Å². The largest absolute Gasteiger partial charge is 0.353 e. The van der Waals surface area contributed by atoms with Crippen LogP contribution < -0.4 is 5.32 Å². The van der Waals surface area contributed by atoms with Gasteiger partial charge >= 0.3 is 0 Å². The van der Waals surface area contributed by atoms with E-state index in [4.69, 9.17) is 0 Å². The summed E-state index contributed by atoms with van der Waals surface area (Å²) < 4.78 is 25.1. The number of nitrogens with zero attached hydrogens (tertiary/aromatic N) is 2. The second kappa shape index (κ2) is 5.15. The Kier molecular flexibility index (Phi) is 3.52. The van der Waals surface area contributed by atoms with Crippen LogP contribution in [-0.2, 0) is 16.4 Å². The summed E-state index contributed by atoms with van der Waals surface area (Å²) in [5, 5.41) is 3.49. The summed E-state index contributed by atoms with van der Waals surface area (Å²) in [5.41, 5.74) is 0. The molecule has 1 aromatic heterocycles. The van der Waals surface area contributed by atoms with Crippen LogP contribution in [0.5, 0.6) is 0 Å². The van der Waals surface area contributed by atoms with Crippen molar-refractivity contribution in [3.8, 4) is 0 Å². The molecule has 19 heavy (non-hydrogen) atoms. The van der Waals surface area contributed by atoms with Gasteiger partial charge in [0, 0.05) is 25.0 Å². The van der Waals surface area contributed by atoms with E-state index in [1.54, 1.807) is 6.20 Å². The number of imidazole rings is 1. The van der Waals surface area contributed by atoms with Gasteiger partial charge in [-0.15, -0.1) is 0 Å². The van der Waals surface area contributed by atoms with Gasteiger partial charge in [-0.3, -0.25) is 0 Å². The Labute approximate surface area is 114 Å². The lowest BCUT2D eigenvalue weighted by atomic mass is 10.1. The van der Waals surface area contributed by atoms with E-state index >= 15 is 0 Å². The normalized spacial score (nSPS) is 26.8. The second-order valence-electron chi connectivity index (χ2n) is 5.80. The molecule has 1 atom stereocenters. The maximum absolute atomic E-state index is 11.5. The van der Waals surface area contributed by atoms with Gasteiger partial charge in [0.1, 0.15) is 0 Å². The first-order valence-electron chi connectivity index (χ1n) is 7.10. The van der Waals surface area contributed by atoms with Crippen LogP contribution in [0.1, 0.15) is 32.1 Å². The lowest BCUT2D eigenvalue weighted by molar-refractivity contribution is 0.491. The lowest BCUT2D eigenvalue weighted by Crippen LogP contribution is -2.20. The van der Waals surface area contributed by atoms with Gasteiger partial charge in [0.05, 0.1) is 11.5 Å². The van der Waals surface area contributed by atoms with E-state index in [0.717, 1.165) is 18.9 Å². The van der Waals surface area contributed by atoms with Crippen LogP contribution >= 0.6 is 0 Å². The van der Waals surface area contributed by atoms with Crippen molar-refractivity contribution in [2.45, 2.75) is 44.7 Å². The fourth-order valence-electron chi connectivity index (χ4n) is 3.14. The Morgan fingerprint density at radius 3 is 2.79 bits per heavy atom. The van der Waals surface area contributed by atoms with Crippen LogP contribution in [0.15, 0.2) is 12.4 Å². The zero-order valence-corrected chi connectivity index (χ0v) is 11.9. The van der Waals surface area contributed by atoms with Crippen molar-refractivity contribution < 1.29 is 8.42 Å². The Hall–Kier alpha value is -1.04. The topological polar surface area (TPSA) is 64.0 Å². The third-order valence-electron chi connectivity index (χ3n) is 4.19. The molecule has 1 aromatic rings. The second-order valence-corrected chi connectivity index (χ2v) is 8.03. The molecule has 1 aliphatic carbocycles. The average Bonchev–Trinajstić information content (AvgIpc) is 3.04. The average molecular weight is 283 g/mol. The highest BCUT2D eigenvalue weighted by atomic mass is 32.2. The number of hydrogen-bond acceptors (Lipinski definition) is 4.